The second kappa shape index (κ2) is 5.36. The number of nitrogens with one attached hydrogen (secondary N) is 2. The first-order chi connectivity index (χ1) is 9.31. The monoisotopic (exact) mass is 259 g/mol. The zero-order valence-corrected chi connectivity index (χ0v) is 10.8. The molecule has 1 aliphatic rings. The van der Waals surface area contributed by atoms with Gasteiger partial charge in [0.25, 0.3) is 0 Å². The summed E-state index contributed by atoms with van der Waals surface area (Å²) in [4.78, 5) is 8.32. The molecule has 2 aromatic heterocycles. The Morgan fingerprint density at radius 2 is 2.37 bits per heavy atom. The number of nitrogens with zero attached hydrogens (tertiary/aromatic N) is 3. The topological polar surface area (TPSA) is 75.7 Å². The van der Waals surface area contributed by atoms with Crippen molar-refractivity contribution in [2.75, 3.05) is 11.9 Å². The van der Waals surface area contributed by atoms with Gasteiger partial charge in [0.1, 0.15) is 12.4 Å². The standard InChI is InChI=1S/C13H17N5O/c1-9-6-10(4-5-14-9)15-7-11-2-3-12(19-11)13-16-8-17-18-13/h4-6,8,11-12H,2-3,7H2,1H3,(H,14,15)(H,16,17,18)/t11-,12+/m1/s1. The molecule has 3 heterocycles. The molecule has 2 N–H and O–H groups in total. The molecule has 100 valence electrons. The normalized spacial score (nSPS) is 22.6. The summed E-state index contributed by atoms with van der Waals surface area (Å²) in [6.45, 7) is 2.78. The molecule has 0 bridgehead atoms. The molecule has 0 unspecified atom stereocenters. The van der Waals surface area contributed by atoms with Gasteiger partial charge in [0.2, 0.25) is 0 Å². The van der Waals surface area contributed by atoms with Crippen LogP contribution in [0.4, 0.5) is 5.69 Å². The fourth-order valence-electron chi connectivity index (χ4n) is 2.31. The SMILES string of the molecule is Cc1cc(NC[C@H]2CC[C@@H](c3ncn[nH]3)O2)ccn1. The Hall–Kier alpha value is -1.95. The summed E-state index contributed by atoms with van der Waals surface area (Å²) < 4.78 is 5.95. The molecular weight excluding hydrogens is 242 g/mol. The molecule has 1 saturated heterocycles. The molecule has 6 nitrogen and oxygen atoms in total. The smallest absolute Gasteiger partial charge is 0.153 e. The summed E-state index contributed by atoms with van der Waals surface area (Å²) >= 11 is 0. The third-order valence-corrected chi connectivity index (χ3v) is 3.28. The van der Waals surface area contributed by atoms with E-state index in [9.17, 15) is 0 Å². The summed E-state index contributed by atoms with van der Waals surface area (Å²) in [5.41, 5.74) is 2.09. The number of aryl methyl sites for hydroxylation is 1. The summed E-state index contributed by atoms with van der Waals surface area (Å²) in [5.74, 6) is 0.822. The molecule has 2 atom stereocenters. The molecule has 0 radical (unpaired) electrons. The van der Waals surface area contributed by atoms with Crippen LogP contribution in [0.5, 0.6) is 0 Å². The van der Waals surface area contributed by atoms with Gasteiger partial charge in [0, 0.05) is 24.1 Å². The number of pyridine rings is 1. The van der Waals surface area contributed by atoms with E-state index < -0.39 is 0 Å². The number of aromatic amines is 1. The van der Waals surface area contributed by atoms with Gasteiger partial charge in [-0.25, -0.2) is 4.98 Å². The molecule has 1 fully saturated rings. The minimum atomic E-state index is 0.0495. The molecule has 0 saturated carbocycles. The van der Waals surface area contributed by atoms with E-state index in [0.29, 0.717) is 0 Å². The molecule has 6 heteroatoms. The van der Waals surface area contributed by atoms with Crippen molar-refractivity contribution in [3.05, 3.63) is 36.2 Å². The van der Waals surface area contributed by atoms with Gasteiger partial charge in [0.05, 0.1) is 6.10 Å². The highest BCUT2D eigenvalue weighted by Crippen LogP contribution is 2.30. The van der Waals surface area contributed by atoms with E-state index in [-0.39, 0.29) is 12.2 Å². The van der Waals surface area contributed by atoms with E-state index in [1.807, 2.05) is 25.3 Å². The lowest BCUT2D eigenvalue weighted by molar-refractivity contribution is 0.0472. The zero-order chi connectivity index (χ0) is 13.1. The van der Waals surface area contributed by atoms with Gasteiger partial charge in [0.15, 0.2) is 5.82 Å². The Kier molecular flexibility index (Phi) is 3.41. The Labute approximate surface area is 111 Å². The minimum Gasteiger partial charge on any atom is -0.382 e. The molecule has 3 rings (SSSR count). The van der Waals surface area contributed by atoms with Gasteiger partial charge in [-0.1, -0.05) is 0 Å². The van der Waals surface area contributed by atoms with Gasteiger partial charge in [-0.05, 0) is 31.9 Å². The first-order valence-corrected chi connectivity index (χ1v) is 6.48. The van der Waals surface area contributed by atoms with Crippen LogP contribution in [0.15, 0.2) is 24.7 Å². The van der Waals surface area contributed by atoms with Crippen molar-refractivity contribution in [3.8, 4) is 0 Å². The Bertz CT molecular complexity index is 528. The van der Waals surface area contributed by atoms with Crippen molar-refractivity contribution in [3.63, 3.8) is 0 Å². The summed E-state index contributed by atoms with van der Waals surface area (Å²) in [6.07, 6.45) is 5.60. The maximum Gasteiger partial charge on any atom is 0.153 e. The number of H-pyrrole nitrogens is 1. The molecule has 0 amide bonds. The number of hydrogen-bond acceptors (Lipinski definition) is 5. The lowest BCUT2D eigenvalue weighted by Gasteiger charge is -2.14. The van der Waals surface area contributed by atoms with Crippen LogP contribution in [-0.2, 0) is 4.74 Å². The van der Waals surface area contributed by atoms with Crippen molar-refractivity contribution in [1.29, 1.82) is 0 Å². The fourth-order valence-corrected chi connectivity index (χ4v) is 2.31. The quantitative estimate of drug-likeness (QED) is 0.876. The Balaban J connectivity index is 1.52. The predicted molar refractivity (Wildman–Crippen MR) is 70.7 cm³/mol. The van der Waals surface area contributed by atoms with E-state index in [0.717, 1.165) is 36.6 Å². The minimum absolute atomic E-state index is 0.0495. The largest absolute Gasteiger partial charge is 0.382 e. The van der Waals surface area contributed by atoms with Gasteiger partial charge in [-0.15, -0.1) is 0 Å². The van der Waals surface area contributed by atoms with Crippen LogP contribution in [-0.4, -0.2) is 32.8 Å². The van der Waals surface area contributed by atoms with E-state index in [1.54, 1.807) is 0 Å². The highest BCUT2D eigenvalue weighted by molar-refractivity contribution is 5.42. The Morgan fingerprint density at radius 1 is 1.42 bits per heavy atom. The second-order valence-corrected chi connectivity index (χ2v) is 4.76. The zero-order valence-electron chi connectivity index (χ0n) is 10.8. The van der Waals surface area contributed by atoms with Gasteiger partial charge >= 0.3 is 0 Å². The van der Waals surface area contributed by atoms with Crippen LogP contribution in [0.1, 0.15) is 30.5 Å². The highest BCUT2D eigenvalue weighted by Gasteiger charge is 2.28. The summed E-state index contributed by atoms with van der Waals surface area (Å²) in [5, 5.41) is 10.1. The molecule has 2 aromatic rings. The van der Waals surface area contributed by atoms with Crippen LogP contribution in [0.2, 0.25) is 0 Å². The second-order valence-electron chi connectivity index (χ2n) is 4.76. The van der Waals surface area contributed by atoms with E-state index in [1.165, 1.54) is 6.33 Å². The lowest BCUT2D eigenvalue weighted by atomic mass is 10.2. The van der Waals surface area contributed by atoms with Crippen molar-refractivity contribution in [1.82, 2.24) is 20.2 Å². The van der Waals surface area contributed by atoms with Gasteiger partial charge in [-0.2, -0.15) is 5.10 Å². The van der Waals surface area contributed by atoms with Crippen LogP contribution in [0.25, 0.3) is 0 Å². The van der Waals surface area contributed by atoms with E-state index in [4.69, 9.17) is 4.74 Å². The van der Waals surface area contributed by atoms with Gasteiger partial charge in [-0.3, -0.25) is 10.1 Å². The lowest BCUT2D eigenvalue weighted by Crippen LogP contribution is -2.19. The average Bonchev–Trinajstić information content (AvgIpc) is 3.07. The first kappa shape index (κ1) is 12.1. The van der Waals surface area contributed by atoms with Crippen LogP contribution in [0, 0.1) is 6.92 Å². The van der Waals surface area contributed by atoms with Gasteiger partial charge < -0.3 is 10.1 Å². The highest BCUT2D eigenvalue weighted by atomic mass is 16.5. The van der Waals surface area contributed by atoms with Crippen molar-refractivity contribution < 1.29 is 4.74 Å². The van der Waals surface area contributed by atoms with Crippen LogP contribution in [0.3, 0.4) is 0 Å². The molecule has 19 heavy (non-hydrogen) atoms. The van der Waals surface area contributed by atoms with Crippen molar-refractivity contribution in [2.24, 2.45) is 0 Å². The number of rotatable bonds is 4. The van der Waals surface area contributed by atoms with Crippen LogP contribution < -0.4 is 5.32 Å². The average molecular weight is 259 g/mol. The summed E-state index contributed by atoms with van der Waals surface area (Å²) in [6, 6.07) is 4.00. The maximum absolute atomic E-state index is 5.95. The molecule has 0 aromatic carbocycles. The van der Waals surface area contributed by atoms with Crippen molar-refractivity contribution in [2.45, 2.75) is 32.0 Å². The maximum atomic E-state index is 5.95. The molecule has 0 spiro atoms. The molecular formula is C13H17N5O. The number of aromatic nitrogens is 4. The molecule has 0 aliphatic carbocycles. The fraction of sp³-hybridized carbons (Fsp3) is 0.462. The van der Waals surface area contributed by atoms with Crippen molar-refractivity contribution >= 4 is 5.69 Å². The number of ether oxygens (including phenoxy) is 1. The summed E-state index contributed by atoms with van der Waals surface area (Å²) in [7, 11) is 0. The number of hydrogen-bond donors (Lipinski definition) is 2. The third kappa shape index (κ3) is 2.90. The van der Waals surface area contributed by atoms with Crippen LogP contribution >= 0.6 is 0 Å². The first-order valence-electron chi connectivity index (χ1n) is 6.48. The predicted octanol–water partition coefficient (Wildman–Crippen LogP) is 1.84. The van der Waals surface area contributed by atoms with E-state index >= 15 is 0 Å². The molecule has 1 aliphatic heterocycles. The van der Waals surface area contributed by atoms with E-state index in [2.05, 4.69) is 25.5 Å². The third-order valence-electron chi connectivity index (χ3n) is 3.28. The Morgan fingerprint density at radius 3 is 3.16 bits per heavy atom. The number of anilines is 1.